The molecule has 1 amide bonds. The minimum atomic E-state index is -0.213. The van der Waals surface area contributed by atoms with Crippen LogP contribution in [0, 0.1) is 11.3 Å². The smallest absolute Gasteiger partial charge is 0.318 e. The Labute approximate surface area is 243 Å². The molecule has 1 aromatic carbocycles. The zero-order valence-electron chi connectivity index (χ0n) is 24.4. The van der Waals surface area contributed by atoms with E-state index >= 15 is 0 Å². The van der Waals surface area contributed by atoms with Gasteiger partial charge in [-0.1, -0.05) is 25.6 Å². The summed E-state index contributed by atoms with van der Waals surface area (Å²) in [6, 6.07) is 9.60. The molecule has 9 heteroatoms. The van der Waals surface area contributed by atoms with E-state index in [0.29, 0.717) is 50.8 Å². The number of aryl methyl sites for hydroxylation is 1. The number of likely N-dealkylation sites (tertiary alicyclic amines) is 1. The lowest BCUT2D eigenvalue weighted by atomic mass is 9.97. The van der Waals surface area contributed by atoms with Gasteiger partial charge in [0.1, 0.15) is 12.4 Å². The number of nitrogens with zero attached hydrogens (tertiary/aromatic N) is 7. The second kappa shape index (κ2) is 11.7. The molecular formula is C32H41N7O2. The molecule has 0 bridgehead atoms. The molecule has 1 aliphatic carbocycles. The molecule has 3 atom stereocenters. The van der Waals surface area contributed by atoms with Crippen LogP contribution >= 0.6 is 0 Å². The van der Waals surface area contributed by atoms with Crippen LogP contribution in [0.15, 0.2) is 30.9 Å². The molecule has 4 heterocycles. The molecule has 0 spiro atoms. The maximum Gasteiger partial charge on any atom is 0.318 e. The molecule has 3 aliphatic heterocycles. The average Bonchev–Trinajstić information content (AvgIpc) is 3.59. The van der Waals surface area contributed by atoms with Gasteiger partial charge in [-0.2, -0.15) is 15.2 Å². The van der Waals surface area contributed by atoms with Crippen molar-refractivity contribution in [3.05, 3.63) is 53.2 Å². The standard InChI is InChI=1S/C32H41N7O2/c1-4-29(40)39-18-17-38(19-24(39)12-14-33)31-26-13-16-37(28-9-5-7-23-11-10-22(2)30(23)28)20-27(26)34-32(35-31)41-21-25-8-6-15-36(25)3/h4-5,7,9,22,24-25H,1,6,8,10-13,15-21H2,2-3H3/t22?,24-,25-/m0/s1. The SMILES string of the molecule is C=CC(=O)N1CCN(c2nc(OC[C@@H]3CCCN3C)nc3c2CCN(c2cccc4c2C(C)CC4)C3)C[C@@H]1CC#N. The van der Waals surface area contributed by atoms with Gasteiger partial charge < -0.3 is 24.3 Å². The van der Waals surface area contributed by atoms with Crippen LogP contribution in [-0.4, -0.2) is 84.1 Å². The number of carbonyl (C=O) groups is 1. The molecule has 0 saturated carbocycles. The molecule has 2 aromatic rings. The van der Waals surface area contributed by atoms with Crippen molar-refractivity contribution in [1.29, 1.82) is 5.26 Å². The summed E-state index contributed by atoms with van der Waals surface area (Å²) in [6.45, 7) is 11.0. The Morgan fingerprint density at radius 1 is 1.15 bits per heavy atom. The van der Waals surface area contributed by atoms with Crippen molar-refractivity contribution in [2.24, 2.45) is 0 Å². The van der Waals surface area contributed by atoms with Gasteiger partial charge in [0, 0.05) is 43.5 Å². The first-order valence-electron chi connectivity index (χ1n) is 15.1. The van der Waals surface area contributed by atoms with E-state index in [9.17, 15) is 10.1 Å². The number of benzene rings is 1. The van der Waals surface area contributed by atoms with Gasteiger partial charge in [0.25, 0.3) is 0 Å². The molecule has 0 radical (unpaired) electrons. The minimum Gasteiger partial charge on any atom is -0.462 e. The summed E-state index contributed by atoms with van der Waals surface area (Å²) >= 11 is 0. The Bertz CT molecular complexity index is 1350. The average molecular weight is 556 g/mol. The zero-order valence-corrected chi connectivity index (χ0v) is 24.4. The van der Waals surface area contributed by atoms with Crippen LogP contribution in [0.2, 0.25) is 0 Å². The third kappa shape index (κ3) is 5.38. The second-order valence-corrected chi connectivity index (χ2v) is 12.0. The number of anilines is 2. The molecule has 4 aliphatic rings. The second-order valence-electron chi connectivity index (χ2n) is 12.0. The first-order chi connectivity index (χ1) is 20.0. The predicted molar refractivity (Wildman–Crippen MR) is 159 cm³/mol. The van der Waals surface area contributed by atoms with Crippen molar-refractivity contribution < 1.29 is 9.53 Å². The fourth-order valence-corrected chi connectivity index (χ4v) is 7.19. The number of ether oxygens (including phenoxy) is 1. The molecule has 41 heavy (non-hydrogen) atoms. The molecule has 0 N–H and O–H groups in total. The maximum atomic E-state index is 12.5. The largest absolute Gasteiger partial charge is 0.462 e. The number of hydrogen-bond acceptors (Lipinski definition) is 8. The topological polar surface area (TPSA) is 88.8 Å². The van der Waals surface area contributed by atoms with Gasteiger partial charge in [0.2, 0.25) is 5.91 Å². The Balaban J connectivity index is 1.32. The highest BCUT2D eigenvalue weighted by molar-refractivity contribution is 5.87. The van der Waals surface area contributed by atoms with Crippen molar-refractivity contribution >= 4 is 17.4 Å². The molecule has 9 nitrogen and oxygen atoms in total. The van der Waals surface area contributed by atoms with Gasteiger partial charge in [-0.15, -0.1) is 0 Å². The molecule has 2 fully saturated rings. The highest BCUT2D eigenvalue weighted by Gasteiger charge is 2.34. The Morgan fingerprint density at radius 3 is 2.80 bits per heavy atom. The zero-order chi connectivity index (χ0) is 28.5. The number of carbonyl (C=O) groups excluding carboxylic acids is 1. The number of amides is 1. The summed E-state index contributed by atoms with van der Waals surface area (Å²) in [5.41, 5.74) is 6.48. The predicted octanol–water partition coefficient (Wildman–Crippen LogP) is 3.68. The van der Waals surface area contributed by atoms with E-state index in [1.54, 1.807) is 4.90 Å². The maximum absolute atomic E-state index is 12.5. The summed E-state index contributed by atoms with van der Waals surface area (Å²) in [5, 5.41) is 9.51. The lowest BCUT2D eigenvalue weighted by molar-refractivity contribution is -0.128. The van der Waals surface area contributed by atoms with Crippen molar-refractivity contribution in [2.75, 3.05) is 56.2 Å². The van der Waals surface area contributed by atoms with Gasteiger partial charge >= 0.3 is 6.01 Å². The lowest BCUT2D eigenvalue weighted by Crippen LogP contribution is -2.55. The Morgan fingerprint density at radius 2 is 2.02 bits per heavy atom. The van der Waals surface area contributed by atoms with Crippen molar-refractivity contribution in [1.82, 2.24) is 19.8 Å². The molecule has 2 saturated heterocycles. The minimum absolute atomic E-state index is 0.125. The number of aromatic nitrogens is 2. The van der Waals surface area contributed by atoms with Crippen LogP contribution in [0.5, 0.6) is 6.01 Å². The quantitative estimate of drug-likeness (QED) is 0.478. The lowest BCUT2D eigenvalue weighted by Gasteiger charge is -2.42. The monoisotopic (exact) mass is 555 g/mol. The summed E-state index contributed by atoms with van der Waals surface area (Å²) < 4.78 is 6.30. The van der Waals surface area contributed by atoms with Crippen molar-refractivity contribution in [3.63, 3.8) is 0 Å². The van der Waals surface area contributed by atoms with Gasteiger partial charge in [0.15, 0.2) is 0 Å². The fraction of sp³-hybridized carbons (Fsp3) is 0.562. The van der Waals surface area contributed by atoms with Crippen LogP contribution in [-0.2, 0) is 24.2 Å². The molecule has 1 unspecified atom stereocenters. The molecule has 1 aromatic heterocycles. The van der Waals surface area contributed by atoms with E-state index in [2.05, 4.69) is 59.5 Å². The van der Waals surface area contributed by atoms with E-state index in [-0.39, 0.29) is 18.4 Å². The van der Waals surface area contributed by atoms with Crippen LogP contribution < -0.4 is 14.5 Å². The summed E-state index contributed by atoms with van der Waals surface area (Å²) in [7, 11) is 2.15. The number of fused-ring (bicyclic) bond motifs is 2. The highest BCUT2D eigenvalue weighted by atomic mass is 16.5. The summed E-state index contributed by atoms with van der Waals surface area (Å²) in [6.07, 6.45) is 7.11. The Hall–Kier alpha value is -3.64. The van der Waals surface area contributed by atoms with Gasteiger partial charge in [-0.25, -0.2) is 0 Å². The van der Waals surface area contributed by atoms with E-state index in [1.165, 1.54) is 35.7 Å². The van der Waals surface area contributed by atoms with E-state index < -0.39 is 0 Å². The van der Waals surface area contributed by atoms with Gasteiger partial charge in [0.05, 0.1) is 30.8 Å². The number of likely N-dealkylation sites (N-methyl/N-ethyl adjacent to an activating group) is 1. The molecular weight excluding hydrogens is 514 g/mol. The first kappa shape index (κ1) is 27.5. The third-order valence-corrected chi connectivity index (χ3v) is 9.52. The number of hydrogen-bond donors (Lipinski definition) is 0. The van der Waals surface area contributed by atoms with Gasteiger partial charge in [-0.05, 0) is 74.9 Å². The Kier molecular flexibility index (Phi) is 7.85. The van der Waals surface area contributed by atoms with E-state index in [1.807, 2.05) is 0 Å². The number of nitriles is 1. The van der Waals surface area contributed by atoms with E-state index in [0.717, 1.165) is 49.4 Å². The van der Waals surface area contributed by atoms with Crippen molar-refractivity contribution in [3.8, 4) is 12.1 Å². The van der Waals surface area contributed by atoms with Gasteiger partial charge in [-0.3, -0.25) is 4.79 Å². The molecule has 216 valence electrons. The number of piperazine rings is 1. The van der Waals surface area contributed by atoms with Crippen LogP contribution in [0.3, 0.4) is 0 Å². The fourth-order valence-electron chi connectivity index (χ4n) is 7.19. The summed E-state index contributed by atoms with van der Waals surface area (Å²) in [5.74, 6) is 1.34. The first-order valence-corrected chi connectivity index (χ1v) is 15.1. The van der Waals surface area contributed by atoms with E-state index in [4.69, 9.17) is 14.7 Å². The van der Waals surface area contributed by atoms with Crippen LogP contribution in [0.4, 0.5) is 11.5 Å². The number of rotatable bonds is 7. The summed E-state index contributed by atoms with van der Waals surface area (Å²) in [4.78, 5) is 31.4. The van der Waals surface area contributed by atoms with Crippen LogP contribution in [0.1, 0.15) is 60.9 Å². The highest BCUT2D eigenvalue weighted by Crippen LogP contribution is 2.41. The molecule has 6 rings (SSSR count). The third-order valence-electron chi connectivity index (χ3n) is 9.52. The normalized spacial score (nSPS) is 24.1. The van der Waals surface area contributed by atoms with Crippen molar-refractivity contribution in [2.45, 2.75) is 70.0 Å². The van der Waals surface area contributed by atoms with Crippen LogP contribution in [0.25, 0.3) is 0 Å².